The van der Waals surface area contributed by atoms with Crippen LogP contribution in [0.25, 0.3) is 22.2 Å². The first-order valence-electron chi connectivity index (χ1n) is 11.1. The van der Waals surface area contributed by atoms with Gasteiger partial charge in [-0.05, 0) is 81.3 Å². The number of anilines is 1. The van der Waals surface area contributed by atoms with Gasteiger partial charge in [-0.1, -0.05) is 0 Å². The van der Waals surface area contributed by atoms with E-state index in [0.29, 0.717) is 41.7 Å². The molecule has 33 heavy (non-hydrogen) atoms. The number of carbonyl (C=O) groups is 2. The molecule has 4 rings (SSSR count). The normalized spacial score (nSPS) is 18.5. The number of halogens is 1. The highest BCUT2D eigenvalue weighted by molar-refractivity contribution is 5.93. The lowest BCUT2D eigenvalue weighted by Crippen LogP contribution is -2.33. The average molecular weight is 454 g/mol. The fourth-order valence-corrected chi connectivity index (χ4v) is 4.44. The molecule has 1 aliphatic rings. The van der Waals surface area contributed by atoms with Crippen molar-refractivity contribution >= 4 is 28.9 Å². The molecule has 0 bridgehead atoms. The molecule has 2 aromatic heterocycles. The molecule has 1 aliphatic carbocycles. The Morgan fingerprint density at radius 2 is 2.03 bits per heavy atom. The number of carbonyl (C=O) groups excluding carboxylic acids is 2. The molecular weight excluding hydrogens is 425 g/mol. The maximum Gasteiger partial charge on any atom is 0.404 e. The van der Waals surface area contributed by atoms with Gasteiger partial charge in [0.15, 0.2) is 5.82 Å². The first kappa shape index (κ1) is 22.7. The molecule has 3 N–H and O–H groups in total. The number of aromatic nitrogens is 3. The van der Waals surface area contributed by atoms with Crippen LogP contribution < -0.4 is 11.1 Å². The van der Waals surface area contributed by atoms with Crippen molar-refractivity contribution in [3.63, 3.8) is 0 Å². The summed E-state index contributed by atoms with van der Waals surface area (Å²) in [5, 5.41) is 2.87. The predicted molar refractivity (Wildman–Crippen MR) is 123 cm³/mol. The summed E-state index contributed by atoms with van der Waals surface area (Å²) in [4.78, 5) is 32.4. The van der Waals surface area contributed by atoms with Gasteiger partial charge in [-0.25, -0.2) is 19.2 Å². The van der Waals surface area contributed by atoms with Crippen LogP contribution in [0.1, 0.15) is 51.1 Å². The third-order valence-electron chi connectivity index (χ3n) is 6.13. The van der Waals surface area contributed by atoms with Crippen LogP contribution in [-0.2, 0) is 9.53 Å². The molecule has 0 unspecified atom stereocenters. The summed E-state index contributed by atoms with van der Waals surface area (Å²) in [6, 6.07) is 5.26. The molecule has 0 radical (unpaired) electrons. The standard InChI is InChI=1S/C24H28FN5O3/c1-13(2)30-12-28-22-19(25)8-16(9-20(22)30)18-10-21(27-11-14(18)3)29-23(31)15-5-4-6-17(7-15)33-24(26)32/h8-13,15,17H,4-7H2,1-3H3,(H2,26,32)(H,27,29,31)/t15-,17+/m0/s1. The Bertz CT molecular complexity index is 1210. The molecular formula is C24H28FN5O3. The monoisotopic (exact) mass is 453 g/mol. The van der Waals surface area contributed by atoms with E-state index in [0.717, 1.165) is 17.5 Å². The van der Waals surface area contributed by atoms with Crippen molar-refractivity contribution in [3.05, 3.63) is 42.1 Å². The number of primary amides is 1. The molecule has 0 aliphatic heterocycles. The summed E-state index contributed by atoms with van der Waals surface area (Å²) in [7, 11) is 0. The van der Waals surface area contributed by atoms with Crippen molar-refractivity contribution in [1.29, 1.82) is 0 Å². The number of nitrogens with two attached hydrogens (primary N) is 1. The van der Waals surface area contributed by atoms with Crippen LogP contribution in [0.5, 0.6) is 0 Å². The number of imidazole rings is 1. The molecule has 2 amide bonds. The Morgan fingerprint density at radius 1 is 1.24 bits per heavy atom. The van der Waals surface area contributed by atoms with E-state index < -0.39 is 11.9 Å². The van der Waals surface area contributed by atoms with Crippen LogP contribution in [0.3, 0.4) is 0 Å². The summed E-state index contributed by atoms with van der Waals surface area (Å²) in [5.74, 6) is -0.499. The first-order chi connectivity index (χ1) is 15.7. The molecule has 1 fully saturated rings. The number of amides is 2. The van der Waals surface area contributed by atoms with Crippen molar-refractivity contribution in [2.24, 2.45) is 11.7 Å². The van der Waals surface area contributed by atoms with Gasteiger partial charge in [-0.3, -0.25) is 4.79 Å². The summed E-state index contributed by atoms with van der Waals surface area (Å²) < 4.78 is 21.8. The Morgan fingerprint density at radius 3 is 2.76 bits per heavy atom. The molecule has 0 spiro atoms. The number of hydrogen-bond acceptors (Lipinski definition) is 5. The van der Waals surface area contributed by atoms with E-state index in [1.807, 2.05) is 31.4 Å². The minimum absolute atomic E-state index is 0.135. The highest BCUT2D eigenvalue weighted by Gasteiger charge is 2.29. The summed E-state index contributed by atoms with van der Waals surface area (Å²) in [6.45, 7) is 5.92. The van der Waals surface area contributed by atoms with Crippen LogP contribution in [0.15, 0.2) is 30.7 Å². The van der Waals surface area contributed by atoms with Gasteiger partial charge in [0, 0.05) is 18.2 Å². The Labute approximate surface area is 191 Å². The number of fused-ring (bicyclic) bond motifs is 1. The van der Waals surface area contributed by atoms with Gasteiger partial charge < -0.3 is 20.4 Å². The topological polar surface area (TPSA) is 112 Å². The molecule has 2 atom stereocenters. The predicted octanol–water partition coefficient (Wildman–Crippen LogP) is 4.72. The van der Waals surface area contributed by atoms with Crippen LogP contribution >= 0.6 is 0 Å². The number of nitrogens with one attached hydrogen (secondary N) is 1. The van der Waals surface area contributed by atoms with Gasteiger partial charge in [0.2, 0.25) is 5.91 Å². The van der Waals surface area contributed by atoms with Crippen molar-refractivity contribution in [1.82, 2.24) is 14.5 Å². The smallest absolute Gasteiger partial charge is 0.404 e. The lowest BCUT2D eigenvalue weighted by molar-refractivity contribution is -0.122. The number of nitrogens with zero attached hydrogens (tertiary/aromatic N) is 3. The molecule has 8 nitrogen and oxygen atoms in total. The van der Waals surface area contributed by atoms with Crippen molar-refractivity contribution in [2.75, 3.05) is 5.32 Å². The summed E-state index contributed by atoms with van der Waals surface area (Å²) >= 11 is 0. The van der Waals surface area contributed by atoms with Gasteiger partial charge in [0.1, 0.15) is 17.4 Å². The maximum absolute atomic E-state index is 14.8. The van der Waals surface area contributed by atoms with Gasteiger partial charge in [-0.15, -0.1) is 0 Å². The molecule has 9 heteroatoms. The van der Waals surface area contributed by atoms with Crippen molar-refractivity contribution < 1.29 is 18.7 Å². The third kappa shape index (κ3) is 4.81. The van der Waals surface area contributed by atoms with Gasteiger partial charge in [-0.2, -0.15) is 0 Å². The van der Waals surface area contributed by atoms with E-state index in [9.17, 15) is 14.0 Å². The van der Waals surface area contributed by atoms with Crippen LogP contribution in [0.2, 0.25) is 0 Å². The molecule has 3 aromatic rings. The zero-order valence-corrected chi connectivity index (χ0v) is 19.0. The van der Waals surface area contributed by atoms with E-state index in [2.05, 4.69) is 15.3 Å². The fourth-order valence-electron chi connectivity index (χ4n) is 4.44. The zero-order valence-electron chi connectivity index (χ0n) is 19.0. The second-order valence-electron chi connectivity index (χ2n) is 8.87. The Balaban J connectivity index is 1.59. The number of pyridine rings is 1. The van der Waals surface area contributed by atoms with E-state index in [-0.39, 0.29) is 24.0 Å². The van der Waals surface area contributed by atoms with Gasteiger partial charge in [0.25, 0.3) is 0 Å². The number of aryl methyl sites for hydroxylation is 1. The Hall–Kier alpha value is -3.49. The van der Waals surface area contributed by atoms with E-state index in [1.165, 1.54) is 6.07 Å². The largest absolute Gasteiger partial charge is 0.446 e. The minimum atomic E-state index is -0.825. The number of hydrogen-bond donors (Lipinski definition) is 2. The molecule has 0 saturated heterocycles. The summed E-state index contributed by atoms with van der Waals surface area (Å²) in [5.41, 5.74) is 8.47. The van der Waals surface area contributed by atoms with Crippen LogP contribution in [-0.4, -0.2) is 32.6 Å². The molecule has 2 heterocycles. The van der Waals surface area contributed by atoms with Crippen molar-refractivity contribution in [2.45, 2.75) is 58.6 Å². The van der Waals surface area contributed by atoms with E-state index >= 15 is 0 Å². The molecule has 1 saturated carbocycles. The number of ether oxygens (including phenoxy) is 1. The van der Waals surface area contributed by atoms with E-state index in [4.69, 9.17) is 10.5 Å². The number of benzene rings is 1. The highest BCUT2D eigenvalue weighted by atomic mass is 19.1. The van der Waals surface area contributed by atoms with Crippen LogP contribution in [0, 0.1) is 18.7 Å². The number of rotatable bonds is 5. The lowest BCUT2D eigenvalue weighted by atomic mass is 9.86. The fraction of sp³-hybridized carbons (Fsp3) is 0.417. The minimum Gasteiger partial charge on any atom is -0.446 e. The SMILES string of the molecule is Cc1cnc(NC(=O)[C@H]2CCC[C@@H](OC(N)=O)C2)cc1-c1cc(F)c2ncn(C(C)C)c2c1. The van der Waals surface area contributed by atoms with Crippen molar-refractivity contribution in [3.8, 4) is 11.1 Å². The first-order valence-corrected chi connectivity index (χ1v) is 11.1. The average Bonchev–Trinajstić information content (AvgIpc) is 3.20. The highest BCUT2D eigenvalue weighted by Crippen LogP contribution is 2.32. The summed E-state index contributed by atoms with van der Waals surface area (Å²) in [6.07, 6.45) is 4.72. The van der Waals surface area contributed by atoms with Crippen LogP contribution in [0.4, 0.5) is 15.0 Å². The lowest BCUT2D eigenvalue weighted by Gasteiger charge is -2.27. The zero-order chi connectivity index (χ0) is 23.7. The third-order valence-corrected chi connectivity index (χ3v) is 6.13. The molecule has 174 valence electrons. The Kier molecular flexibility index (Phi) is 6.31. The van der Waals surface area contributed by atoms with Gasteiger partial charge in [0.05, 0.1) is 11.8 Å². The van der Waals surface area contributed by atoms with E-state index in [1.54, 1.807) is 18.6 Å². The maximum atomic E-state index is 14.8. The second-order valence-corrected chi connectivity index (χ2v) is 8.87. The molecule has 1 aromatic carbocycles. The quantitative estimate of drug-likeness (QED) is 0.581. The second kappa shape index (κ2) is 9.17. The van der Waals surface area contributed by atoms with Gasteiger partial charge >= 0.3 is 6.09 Å².